The first-order chi connectivity index (χ1) is 11.6. The third kappa shape index (κ3) is 3.89. The minimum Gasteiger partial charge on any atom is -0.463 e. The van der Waals surface area contributed by atoms with E-state index in [0.717, 1.165) is 31.5 Å². The highest BCUT2D eigenvalue weighted by Crippen LogP contribution is 2.34. The van der Waals surface area contributed by atoms with Crippen LogP contribution in [0.1, 0.15) is 51.0 Å². The summed E-state index contributed by atoms with van der Waals surface area (Å²) < 4.78 is 5.83. The Morgan fingerprint density at radius 1 is 1.25 bits per heavy atom. The molecule has 3 rings (SSSR count). The predicted molar refractivity (Wildman–Crippen MR) is 96.9 cm³/mol. The molecule has 0 spiro atoms. The molecule has 0 amide bonds. The van der Waals surface area contributed by atoms with Gasteiger partial charge < -0.3 is 4.74 Å². The third-order valence-corrected chi connectivity index (χ3v) is 5.42. The fraction of sp³-hybridized carbons (Fsp3) is 0.571. The van der Waals surface area contributed by atoms with Crippen LogP contribution < -0.4 is 0 Å². The van der Waals surface area contributed by atoms with Crippen LogP contribution in [0.4, 0.5) is 0 Å². The third-order valence-electron chi connectivity index (χ3n) is 5.42. The topological polar surface area (TPSA) is 29.5 Å². The van der Waals surface area contributed by atoms with Crippen LogP contribution in [0.15, 0.2) is 42.5 Å². The highest BCUT2D eigenvalue weighted by atomic mass is 16.5. The van der Waals surface area contributed by atoms with Crippen LogP contribution in [0.5, 0.6) is 0 Å². The standard InChI is InChI=1S/C21H29NO2/c1-21(2,22-14-8-9-15-22)16-24-20(23)19(18-12-6-7-13-18)17-10-4-3-5-11-17/h3-6,10-12,18-19H,7-9,13-16H2,1-2H3. The van der Waals surface area contributed by atoms with E-state index in [0.29, 0.717) is 6.61 Å². The number of ether oxygens (including phenoxy) is 1. The van der Waals surface area contributed by atoms with Crippen molar-refractivity contribution in [1.29, 1.82) is 0 Å². The summed E-state index contributed by atoms with van der Waals surface area (Å²) in [5.41, 5.74) is 0.983. The number of carbonyl (C=O) groups is 1. The molecule has 1 aromatic rings. The highest BCUT2D eigenvalue weighted by Gasteiger charge is 2.34. The number of benzene rings is 1. The second-order valence-electron chi connectivity index (χ2n) is 7.67. The van der Waals surface area contributed by atoms with Crippen molar-refractivity contribution in [1.82, 2.24) is 4.90 Å². The van der Waals surface area contributed by atoms with Gasteiger partial charge in [0, 0.05) is 5.54 Å². The fourth-order valence-corrected chi connectivity index (χ4v) is 3.90. The first kappa shape index (κ1) is 17.2. The lowest BCUT2D eigenvalue weighted by Gasteiger charge is -2.35. The van der Waals surface area contributed by atoms with Crippen molar-refractivity contribution in [2.24, 2.45) is 5.92 Å². The molecule has 1 aliphatic carbocycles. The van der Waals surface area contributed by atoms with Gasteiger partial charge in [-0.1, -0.05) is 42.5 Å². The summed E-state index contributed by atoms with van der Waals surface area (Å²) in [7, 11) is 0. The predicted octanol–water partition coefficient (Wildman–Crippen LogP) is 4.15. The van der Waals surface area contributed by atoms with E-state index in [-0.39, 0.29) is 23.3 Å². The number of nitrogens with zero attached hydrogens (tertiary/aromatic N) is 1. The Morgan fingerprint density at radius 2 is 1.96 bits per heavy atom. The molecule has 1 aromatic carbocycles. The number of rotatable bonds is 6. The van der Waals surface area contributed by atoms with Crippen molar-refractivity contribution in [2.75, 3.05) is 19.7 Å². The molecule has 130 valence electrons. The summed E-state index contributed by atoms with van der Waals surface area (Å²) in [6.07, 6.45) is 8.95. The molecular formula is C21H29NO2. The van der Waals surface area contributed by atoms with E-state index in [9.17, 15) is 4.79 Å². The van der Waals surface area contributed by atoms with Crippen molar-refractivity contribution in [3.8, 4) is 0 Å². The van der Waals surface area contributed by atoms with E-state index in [1.165, 1.54) is 12.8 Å². The minimum atomic E-state index is -0.181. The van der Waals surface area contributed by atoms with Crippen LogP contribution in [-0.4, -0.2) is 36.1 Å². The quantitative estimate of drug-likeness (QED) is 0.580. The molecular weight excluding hydrogens is 298 g/mol. The SMILES string of the molecule is CC(C)(COC(=O)C(c1ccccc1)C1C=CCC1)N1CCCC1. The summed E-state index contributed by atoms with van der Waals surface area (Å²) in [5.74, 6) is -0.000788. The molecule has 3 nitrogen and oxygen atoms in total. The van der Waals surface area contributed by atoms with Crippen LogP contribution in [0, 0.1) is 5.92 Å². The van der Waals surface area contributed by atoms with E-state index in [4.69, 9.17) is 4.74 Å². The number of allylic oxidation sites excluding steroid dienone is 2. The van der Waals surface area contributed by atoms with E-state index < -0.39 is 0 Å². The van der Waals surface area contributed by atoms with E-state index in [2.05, 4.69) is 30.9 Å². The Kier molecular flexibility index (Phi) is 5.40. The first-order valence-corrected chi connectivity index (χ1v) is 9.21. The van der Waals surface area contributed by atoms with Crippen LogP contribution in [0.3, 0.4) is 0 Å². The van der Waals surface area contributed by atoms with E-state index in [1.54, 1.807) is 0 Å². The van der Waals surface area contributed by atoms with Crippen LogP contribution >= 0.6 is 0 Å². The summed E-state index contributed by atoms with van der Waals surface area (Å²) in [6.45, 7) is 7.04. The minimum absolute atomic E-state index is 0.0787. The molecule has 2 unspecified atom stereocenters. The van der Waals surface area contributed by atoms with Gasteiger partial charge in [0.05, 0.1) is 5.92 Å². The summed E-state index contributed by atoms with van der Waals surface area (Å²) in [5, 5.41) is 0. The van der Waals surface area contributed by atoms with Gasteiger partial charge >= 0.3 is 5.97 Å². The largest absolute Gasteiger partial charge is 0.463 e. The maximum absolute atomic E-state index is 12.9. The Labute approximate surface area is 145 Å². The number of hydrogen-bond donors (Lipinski definition) is 0. The Bertz CT molecular complexity index is 573. The number of likely N-dealkylation sites (tertiary alicyclic amines) is 1. The van der Waals surface area contributed by atoms with Gasteiger partial charge in [-0.2, -0.15) is 0 Å². The van der Waals surface area contributed by atoms with Crippen molar-refractivity contribution in [3.05, 3.63) is 48.0 Å². The summed E-state index contributed by atoms with van der Waals surface area (Å²) in [4.78, 5) is 15.4. The average molecular weight is 327 g/mol. The Balaban J connectivity index is 1.68. The van der Waals surface area contributed by atoms with Gasteiger partial charge in [-0.15, -0.1) is 0 Å². The molecule has 0 aromatic heterocycles. The second-order valence-corrected chi connectivity index (χ2v) is 7.67. The molecule has 1 fully saturated rings. The molecule has 0 bridgehead atoms. The average Bonchev–Trinajstić information content (AvgIpc) is 3.28. The van der Waals surface area contributed by atoms with E-state index >= 15 is 0 Å². The van der Waals surface area contributed by atoms with Gasteiger partial charge in [-0.25, -0.2) is 0 Å². The van der Waals surface area contributed by atoms with Crippen LogP contribution in [0.25, 0.3) is 0 Å². The lowest BCUT2D eigenvalue weighted by atomic mass is 9.85. The molecule has 0 N–H and O–H groups in total. The fourth-order valence-electron chi connectivity index (χ4n) is 3.90. The second kappa shape index (κ2) is 7.52. The Hall–Kier alpha value is -1.61. The molecule has 0 radical (unpaired) electrons. The lowest BCUT2D eigenvalue weighted by Crippen LogP contribution is -2.46. The lowest BCUT2D eigenvalue weighted by molar-refractivity contribution is -0.150. The van der Waals surface area contributed by atoms with Gasteiger partial charge in [0.1, 0.15) is 6.61 Å². The highest BCUT2D eigenvalue weighted by molar-refractivity contribution is 5.79. The molecule has 24 heavy (non-hydrogen) atoms. The molecule has 3 heteroatoms. The van der Waals surface area contributed by atoms with Gasteiger partial charge in [0.25, 0.3) is 0 Å². The van der Waals surface area contributed by atoms with Crippen LogP contribution in [0.2, 0.25) is 0 Å². The maximum atomic E-state index is 12.9. The van der Waals surface area contributed by atoms with Crippen molar-refractivity contribution in [3.63, 3.8) is 0 Å². The van der Waals surface area contributed by atoms with Crippen LogP contribution in [-0.2, 0) is 9.53 Å². The zero-order valence-electron chi connectivity index (χ0n) is 14.9. The normalized spacial score (nSPS) is 22.7. The number of carbonyl (C=O) groups excluding carboxylic acids is 1. The van der Waals surface area contributed by atoms with Gasteiger partial charge in [-0.3, -0.25) is 9.69 Å². The summed E-state index contributed by atoms with van der Waals surface area (Å²) >= 11 is 0. The molecule has 2 atom stereocenters. The monoisotopic (exact) mass is 327 g/mol. The maximum Gasteiger partial charge on any atom is 0.314 e. The first-order valence-electron chi connectivity index (χ1n) is 9.21. The van der Waals surface area contributed by atoms with Gasteiger partial charge in [0.15, 0.2) is 0 Å². The Morgan fingerprint density at radius 3 is 2.58 bits per heavy atom. The van der Waals surface area contributed by atoms with Gasteiger partial charge in [0.2, 0.25) is 0 Å². The van der Waals surface area contributed by atoms with Crippen molar-refractivity contribution >= 4 is 5.97 Å². The molecule has 1 heterocycles. The molecule has 1 saturated heterocycles. The summed E-state index contributed by atoms with van der Waals surface area (Å²) in [6, 6.07) is 10.1. The zero-order valence-corrected chi connectivity index (χ0v) is 14.9. The molecule has 0 saturated carbocycles. The number of esters is 1. The zero-order chi connectivity index (χ0) is 17.0. The van der Waals surface area contributed by atoms with Gasteiger partial charge in [-0.05, 0) is 64.1 Å². The van der Waals surface area contributed by atoms with Crippen molar-refractivity contribution in [2.45, 2.75) is 51.0 Å². The molecule has 1 aliphatic heterocycles. The number of hydrogen-bond acceptors (Lipinski definition) is 3. The van der Waals surface area contributed by atoms with E-state index in [1.807, 2.05) is 30.3 Å². The smallest absolute Gasteiger partial charge is 0.314 e. The van der Waals surface area contributed by atoms with Crippen molar-refractivity contribution < 1.29 is 9.53 Å². The molecule has 2 aliphatic rings.